The van der Waals surface area contributed by atoms with Gasteiger partial charge in [-0.2, -0.15) is 27.1 Å². The van der Waals surface area contributed by atoms with Crippen molar-refractivity contribution in [2.45, 2.75) is 83.1 Å². The van der Waals surface area contributed by atoms with E-state index in [0.717, 1.165) is 26.2 Å². The highest BCUT2D eigenvalue weighted by molar-refractivity contribution is 7.91. The molecule has 0 bridgehead atoms. The standard InChI is InChI=1S/C28H38F5N3O6S/c1-17-22(24(37)34-16-27(38)10-8-19(9-11-27)43(5,39)40)35-36(12-13-41-4)23(17)20-7-6-18(14-21(20)42-25(29)30)15-26(2,3)28(31,32)33/h6-7,14,19,25,38H,8-13,15-16H2,1-5H3,(H,34,37). The van der Waals surface area contributed by atoms with Crippen molar-refractivity contribution in [2.24, 2.45) is 5.41 Å². The molecule has 0 saturated heterocycles. The maximum Gasteiger partial charge on any atom is 0.394 e. The Balaban J connectivity index is 1.94. The number of rotatable bonds is 12. The summed E-state index contributed by atoms with van der Waals surface area (Å²) < 4.78 is 102. The molecule has 0 spiro atoms. The molecule has 0 unspecified atom stereocenters. The van der Waals surface area contributed by atoms with Crippen LogP contribution in [0.5, 0.6) is 5.75 Å². The van der Waals surface area contributed by atoms with Crippen molar-refractivity contribution in [3.63, 3.8) is 0 Å². The second kappa shape index (κ2) is 13.1. The molecule has 1 aromatic heterocycles. The molecule has 1 aromatic carbocycles. The molecule has 1 amide bonds. The second-order valence-corrected chi connectivity index (χ2v) is 14.1. The van der Waals surface area contributed by atoms with Crippen LogP contribution in [0.1, 0.15) is 61.1 Å². The molecule has 0 atom stereocenters. The average Bonchev–Trinajstić information content (AvgIpc) is 3.20. The number of aromatic nitrogens is 2. The summed E-state index contributed by atoms with van der Waals surface area (Å²) in [6.07, 6.45) is -3.02. The largest absolute Gasteiger partial charge is 0.434 e. The maximum atomic E-state index is 13.5. The van der Waals surface area contributed by atoms with E-state index in [0.29, 0.717) is 0 Å². The highest BCUT2D eigenvalue weighted by Gasteiger charge is 2.47. The van der Waals surface area contributed by atoms with Crippen LogP contribution in [-0.2, 0) is 27.5 Å². The number of ether oxygens (including phenoxy) is 2. The summed E-state index contributed by atoms with van der Waals surface area (Å²) in [4.78, 5) is 13.2. The third-order valence-electron chi connectivity index (χ3n) is 7.89. The summed E-state index contributed by atoms with van der Waals surface area (Å²) in [7, 11) is -1.81. The number of hydrogen-bond acceptors (Lipinski definition) is 7. The average molecular weight is 640 g/mol. The first-order valence-electron chi connectivity index (χ1n) is 13.7. The van der Waals surface area contributed by atoms with Crippen molar-refractivity contribution in [3.8, 4) is 17.0 Å². The smallest absolute Gasteiger partial charge is 0.394 e. The van der Waals surface area contributed by atoms with Gasteiger partial charge in [0, 0.05) is 31.0 Å². The predicted molar refractivity (Wildman–Crippen MR) is 149 cm³/mol. The molecule has 0 aliphatic heterocycles. The molecule has 1 aliphatic rings. The lowest BCUT2D eigenvalue weighted by Crippen LogP contribution is -2.47. The predicted octanol–water partition coefficient (Wildman–Crippen LogP) is 4.69. The van der Waals surface area contributed by atoms with E-state index in [4.69, 9.17) is 9.47 Å². The molecular formula is C28H38F5N3O6S. The first-order chi connectivity index (χ1) is 19.8. The number of aliphatic hydroxyl groups is 1. The Hall–Kier alpha value is -2.78. The van der Waals surface area contributed by atoms with Gasteiger partial charge in [-0.15, -0.1) is 0 Å². The summed E-state index contributed by atoms with van der Waals surface area (Å²) in [6, 6.07) is 3.87. The number of nitrogens with zero attached hydrogens (tertiary/aromatic N) is 2. The molecule has 1 aliphatic carbocycles. The third kappa shape index (κ3) is 8.44. The molecule has 1 heterocycles. The highest BCUT2D eigenvalue weighted by Crippen LogP contribution is 2.42. The van der Waals surface area contributed by atoms with Gasteiger partial charge in [0.05, 0.1) is 35.1 Å². The van der Waals surface area contributed by atoms with Crippen molar-refractivity contribution in [1.82, 2.24) is 15.1 Å². The molecule has 1 saturated carbocycles. The van der Waals surface area contributed by atoms with E-state index >= 15 is 0 Å². The van der Waals surface area contributed by atoms with Gasteiger partial charge in [0.2, 0.25) is 0 Å². The lowest BCUT2D eigenvalue weighted by Gasteiger charge is -2.35. The summed E-state index contributed by atoms with van der Waals surface area (Å²) in [5, 5.41) is 17.4. The lowest BCUT2D eigenvalue weighted by molar-refractivity contribution is -0.211. The third-order valence-corrected chi connectivity index (χ3v) is 9.57. The van der Waals surface area contributed by atoms with Gasteiger partial charge in [0.1, 0.15) is 15.6 Å². The fourth-order valence-electron chi connectivity index (χ4n) is 5.19. The minimum Gasteiger partial charge on any atom is -0.434 e. The van der Waals surface area contributed by atoms with Crippen LogP contribution in [0.4, 0.5) is 22.0 Å². The molecule has 9 nitrogen and oxygen atoms in total. The molecule has 15 heteroatoms. The van der Waals surface area contributed by atoms with Crippen molar-refractivity contribution in [2.75, 3.05) is 26.5 Å². The SMILES string of the molecule is COCCn1nc(C(=O)NCC2(O)CCC(S(C)(=O)=O)CC2)c(C)c1-c1ccc(CC(C)(C)C(F)(F)F)cc1OC(F)F. The first-order valence-corrected chi connectivity index (χ1v) is 15.6. The second-order valence-electron chi connectivity index (χ2n) is 11.7. The Morgan fingerprint density at radius 1 is 1.23 bits per heavy atom. The Morgan fingerprint density at radius 3 is 2.40 bits per heavy atom. The zero-order chi connectivity index (χ0) is 32.4. The normalized spacial score (nSPS) is 20.0. The molecule has 1 fully saturated rings. The Labute approximate surface area is 247 Å². The molecule has 0 radical (unpaired) electrons. The topological polar surface area (TPSA) is 120 Å². The Morgan fingerprint density at radius 2 is 1.86 bits per heavy atom. The number of nitrogens with one attached hydrogen (secondary N) is 1. The van der Waals surface area contributed by atoms with Crippen molar-refractivity contribution < 1.29 is 49.7 Å². The van der Waals surface area contributed by atoms with Crippen LogP contribution in [0.15, 0.2) is 18.2 Å². The van der Waals surface area contributed by atoms with E-state index in [1.54, 1.807) is 6.92 Å². The lowest BCUT2D eigenvalue weighted by atomic mass is 9.84. The van der Waals surface area contributed by atoms with Crippen molar-refractivity contribution in [1.29, 1.82) is 0 Å². The maximum absolute atomic E-state index is 13.5. The van der Waals surface area contributed by atoms with Crippen LogP contribution in [0.2, 0.25) is 0 Å². The minimum atomic E-state index is -4.53. The van der Waals surface area contributed by atoms with Crippen LogP contribution in [0, 0.1) is 12.3 Å². The zero-order valence-corrected chi connectivity index (χ0v) is 25.5. The zero-order valence-electron chi connectivity index (χ0n) is 24.7. The van der Waals surface area contributed by atoms with Gasteiger partial charge in [-0.05, 0) is 56.7 Å². The first kappa shape index (κ1) is 34.7. The van der Waals surface area contributed by atoms with Crippen LogP contribution in [0.25, 0.3) is 11.3 Å². The molecular weight excluding hydrogens is 601 g/mol. The Bertz CT molecular complexity index is 1400. The van der Waals surface area contributed by atoms with Crippen LogP contribution in [-0.4, -0.2) is 79.4 Å². The van der Waals surface area contributed by atoms with Crippen LogP contribution in [0.3, 0.4) is 0 Å². The summed E-state index contributed by atoms with van der Waals surface area (Å²) in [6.45, 7) is 0.369. The van der Waals surface area contributed by atoms with Gasteiger partial charge < -0.3 is 19.9 Å². The summed E-state index contributed by atoms with van der Waals surface area (Å²) in [5.74, 6) is -1.04. The van der Waals surface area contributed by atoms with Gasteiger partial charge in [0.25, 0.3) is 5.91 Å². The van der Waals surface area contributed by atoms with Crippen LogP contribution < -0.4 is 10.1 Å². The highest BCUT2D eigenvalue weighted by atomic mass is 32.2. The van der Waals surface area contributed by atoms with E-state index in [2.05, 4.69) is 10.4 Å². The van der Waals surface area contributed by atoms with Gasteiger partial charge in [-0.25, -0.2) is 8.42 Å². The van der Waals surface area contributed by atoms with E-state index in [1.165, 1.54) is 23.9 Å². The number of sulfone groups is 1. The quantitative estimate of drug-likeness (QED) is 0.324. The van der Waals surface area contributed by atoms with Crippen LogP contribution >= 0.6 is 0 Å². The molecule has 242 valence electrons. The van der Waals surface area contributed by atoms with Gasteiger partial charge in [-0.3, -0.25) is 9.48 Å². The van der Waals surface area contributed by atoms with E-state index in [-0.39, 0.29) is 79.2 Å². The fraction of sp³-hybridized carbons (Fsp3) is 0.643. The van der Waals surface area contributed by atoms with E-state index < -0.39 is 51.2 Å². The van der Waals surface area contributed by atoms with Gasteiger partial charge in [0.15, 0.2) is 5.69 Å². The van der Waals surface area contributed by atoms with Gasteiger partial charge in [-0.1, -0.05) is 19.9 Å². The number of methoxy groups -OCH3 is 1. The summed E-state index contributed by atoms with van der Waals surface area (Å²) in [5.41, 5.74) is -2.79. The fourth-order valence-corrected chi connectivity index (χ4v) is 6.28. The van der Waals surface area contributed by atoms with E-state index in [9.17, 15) is 40.3 Å². The van der Waals surface area contributed by atoms with Crippen molar-refractivity contribution in [3.05, 3.63) is 35.0 Å². The number of hydrogen-bond donors (Lipinski definition) is 2. The van der Waals surface area contributed by atoms with Gasteiger partial charge >= 0.3 is 12.8 Å². The molecule has 2 aromatic rings. The molecule has 2 N–H and O–H groups in total. The van der Waals surface area contributed by atoms with E-state index in [1.807, 2.05) is 0 Å². The number of carbonyl (C=O) groups excluding carboxylic acids is 1. The molecule has 3 rings (SSSR count). The Kier molecular flexibility index (Phi) is 10.5. The number of amides is 1. The number of halogens is 5. The summed E-state index contributed by atoms with van der Waals surface area (Å²) >= 11 is 0. The number of carbonyl (C=O) groups is 1. The minimum absolute atomic E-state index is 0.0650. The number of alkyl halides is 5. The molecule has 43 heavy (non-hydrogen) atoms. The van der Waals surface area contributed by atoms with Crippen molar-refractivity contribution >= 4 is 15.7 Å². The monoisotopic (exact) mass is 639 g/mol. The number of benzene rings is 1.